The zero-order valence-electron chi connectivity index (χ0n) is 14.9. The van der Waals surface area contributed by atoms with Crippen molar-refractivity contribution in [1.29, 1.82) is 0 Å². The average Bonchev–Trinajstić information content (AvgIpc) is 3.34. The molecule has 6 nitrogen and oxygen atoms in total. The second-order valence-electron chi connectivity index (χ2n) is 6.38. The van der Waals surface area contributed by atoms with E-state index >= 15 is 0 Å². The fourth-order valence-electron chi connectivity index (χ4n) is 3.21. The smallest absolute Gasteiger partial charge is 0.212 e. The third-order valence-electron chi connectivity index (χ3n) is 4.59. The Kier molecular flexibility index (Phi) is 4.70. The summed E-state index contributed by atoms with van der Waals surface area (Å²) in [4.78, 5) is 10.4. The summed E-state index contributed by atoms with van der Waals surface area (Å²) in [5, 5.41) is 4.44. The van der Waals surface area contributed by atoms with E-state index in [1.165, 1.54) is 24.1 Å². The minimum Gasteiger partial charge on any atom is -0.481 e. The molecule has 0 N–H and O–H groups in total. The second kappa shape index (κ2) is 7.30. The number of hydrogen-bond donors (Lipinski definition) is 0. The van der Waals surface area contributed by atoms with E-state index in [2.05, 4.69) is 15.1 Å². The summed E-state index contributed by atoms with van der Waals surface area (Å²) in [6.07, 6.45) is 3.20. The number of benzene rings is 1. The number of ether oxygens (including phenoxy) is 1. The van der Waals surface area contributed by atoms with Crippen LogP contribution in [-0.4, -0.2) is 39.9 Å². The van der Waals surface area contributed by atoms with Gasteiger partial charge in [0.15, 0.2) is 17.5 Å². The van der Waals surface area contributed by atoms with Crippen LogP contribution in [0.2, 0.25) is 0 Å². The summed E-state index contributed by atoms with van der Waals surface area (Å²) in [6.45, 7) is 1.76. The molecular weight excluding hydrogens is 352 g/mol. The number of hydrogen-bond acceptors (Lipinski definition) is 5. The number of anilines is 1. The molecule has 4 rings (SSSR count). The van der Waals surface area contributed by atoms with E-state index in [0.29, 0.717) is 28.8 Å². The normalized spacial score (nSPS) is 14.0. The monoisotopic (exact) mass is 371 g/mol. The van der Waals surface area contributed by atoms with Crippen LogP contribution in [0.25, 0.3) is 11.5 Å². The predicted octanol–water partition coefficient (Wildman–Crippen LogP) is 3.28. The van der Waals surface area contributed by atoms with E-state index in [9.17, 15) is 8.78 Å². The molecule has 3 heterocycles. The molecule has 0 unspecified atom stereocenters. The third kappa shape index (κ3) is 3.47. The number of aromatic nitrogens is 4. The molecule has 0 aliphatic carbocycles. The van der Waals surface area contributed by atoms with Crippen molar-refractivity contribution in [2.75, 3.05) is 25.1 Å². The quantitative estimate of drug-likeness (QED) is 0.689. The maximum Gasteiger partial charge on any atom is 0.212 e. The molecule has 1 aliphatic heterocycles. The highest BCUT2D eigenvalue weighted by Gasteiger charge is 2.21. The topological polar surface area (TPSA) is 56.1 Å². The minimum absolute atomic E-state index is 0.204. The van der Waals surface area contributed by atoms with Crippen LogP contribution in [0.5, 0.6) is 5.88 Å². The molecule has 2 aromatic heterocycles. The lowest BCUT2D eigenvalue weighted by Gasteiger charge is -2.16. The van der Waals surface area contributed by atoms with Crippen molar-refractivity contribution in [3.05, 3.63) is 53.7 Å². The van der Waals surface area contributed by atoms with E-state index in [1.807, 2.05) is 4.90 Å². The van der Waals surface area contributed by atoms with Crippen molar-refractivity contribution in [2.45, 2.75) is 19.4 Å². The van der Waals surface area contributed by atoms with Gasteiger partial charge in [-0.25, -0.2) is 23.4 Å². The Morgan fingerprint density at radius 3 is 2.63 bits per heavy atom. The van der Waals surface area contributed by atoms with Crippen LogP contribution in [0.4, 0.5) is 14.6 Å². The van der Waals surface area contributed by atoms with E-state index in [-0.39, 0.29) is 12.4 Å². The van der Waals surface area contributed by atoms with E-state index in [0.717, 1.165) is 25.9 Å². The van der Waals surface area contributed by atoms with Gasteiger partial charge in [-0.15, -0.1) is 0 Å². The first kappa shape index (κ1) is 17.4. The summed E-state index contributed by atoms with van der Waals surface area (Å²) in [7, 11) is 1.51. The Morgan fingerprint density at radius 2 is 1.89 bits per heavy atom. The van der Waals surface area contributed by atoms with Gasteiger partial charge in [-0.1, -0.05) is 18.2 Å². The van der Waals surface area contributed by atoms with Crippen molar-refractivity contribution in [2.24, 2.45) is 0 Å². The number of rotatable bonds is 5. The molecule has 0 bridgehead atoms. The molecule has 1 saturated heterocycles. The second-order valence-corrected chi connectivity index (χ2v) is 6.38. The van der Waals surface area contributed by atoms with Crippen LogP contribution < -0.4 is 9.64 Å². The highest BCUT2D eigenvalue weighted by atomic mass is 19.1. The van der Waals surface area contributed by atoms with Crippen molar-refractivity contribution >= 4 is 5.82 Å². The predicted molar refractivity (Wildman–Crippen MR) is 96.7 cm³/mol. The van der Waals surface area contributed by atoms with Crippen LogP contribution in [0, 0.1) is 11.6 Å². The summed E-state index contributed by atoms with van der Waals surface area (Å²) >= 11 is 0. The van der Waals surface area contributed by atoms with Crippen LogP contribution in [-0.2, 0) is 6.54 Å². The molecule has 27 heavy (non-hydrogen) atoms. The zero-order valence-corrected chi connectivity index (χ0v) is 14.9. The molecule has 3 aromatic rings. The highest BCUT2D eigenvalue weighted by molar-refractivity contribution is 5.55. The van der Waals surface area contributed by atoms with Crippen molar-refractivity contribution in [3.63, 3.8) is 0 Å². The minimum atomic E-state index is -0.446. The van der Waals surface area contributed by atoms with Gasteiger partial charge in [-0.3, -0.25) is 0 Å². The molecule has 0 amide bonds. The Balaban J connectivity index is 1.67. The molecular formula is C19H19F2N5O. The standard InChI is InChI=1S/C19H19F2N5O/c1-27-17-10-16(24-26(17)12-13-6-2-3-7-14(13)20)18-22-11-15(21)19(23-18)25-8-4-5-9-25/h2-3,6-7,10-11H,4-5,8-9,12H2,1H3. The Hall–Kier alpha value is -3.03. The average molecular weight is 371 g/mol. The summed E-state index contributed by atoms with van der Waals surface area (Å²) < 4.78 is 35.0. The summed E-state index contributed by atoms with van der Waals surface area (Å²) in [5.41, 5.74) is 0.937. The fourth-order valence-corrected chi connectivity index (χ4v) is 3.21. The molecule has 0 saturated carbocycles. The SMILES string of the molecule is COc1cc(-c2ncc(F)c(N3CCCC3)n2)nn1Cc1ccccc1F. The first-order valence-electron chi connectivity index (χ1n) is 8.79. The largest absolute Gasteiger partial charge is 0.481 e. The lowest BCUT2D eigenvalue weighted by atomic mass is 10.2. The molecule has 1 aromatic carbocycles. The Morgan fingerprint density at radius 1 is 1.11 bits per heavy atom. The summed E-state index contributed by atoms with van der Waals surface area (Å²) in [5.74, 6) is 0.289. The van der Waals surface area contributed by atoms with E-state index in [4.69, 9.17) is 4.74 Å². The van der Waals surface area contributed by atoms with Crippen molar-refractivity contribution in [3.8, 4) is 17.4 Å². The first-order valence-corrected chi connectivity index (χ1v) is 8.79. The number of halogens is 2. The van der Waals surface area contributed by atoms with Crippen LogP contribution in [0.1, 0.15) is 18.4 Å². The fraction of sp³-hybridized carbons (Fsp3) is 0.316. The highest BCUT2D eigenvalue weighted by Crippen LogP contribution is 2.26. The van der Waals surface area contributed by atoms with Crippen LogP contribution >= 0.6 is 0 Å². The number of methoxy groups -OCH3 is 1. The molecule has 1 aliphatic rings. The zero-order chi connectivity index (χ0) is 18.8. The molecule has 0 atom stereocenters. The lowest BCUT2D eigenvalue weighted by molar-refractivity contribution is 0.365. The van der Waals surface area contributed by atoms with Crippen LogP contribution in [0.15, 0.2) is 36.5 Å². The third-order valence-corrected chi connectivity index (χ3v) is 4.59. The molecule has 140 valence electrons. The molecule has 0 radical (unpaired) electrons. The summed E-state index contributed by atoms with van der Waals surface area (Å²) in [6, 6.07) is 8.16. The van der Waals surface area contributed by atoms with Gasteiger partial charge in [-0.2, -0.15) is 5.10 Å². The molecule has 1 fully saturated rings. The van der Waals surface area contributed by atoms with Gasteiger partial charge in [0, 0.05) is 24.7 Å². The van der Waals surface area contributed by atoms with Crippen LogP contribution in [0.3, 0.4) is 0 Å². The number of nitrogens with zero attached hydrogens (tertiary/aromatic N) is 5. The Bertz CT molecular complexity index is 953. The molecule has 0 spiro atoms. The van der Waals surface area contributed by atoms with Gasteiger partial charge in [0.2, 0.25) is 5.88 Å². The lowest BCUT2D eigenvalue weighted by Crippen LogP contribution is -2.21. The maximum atomic E-state index is 14.2. The van der Waals surface area contributed by atoms with Gasteiger partial charge >= 0.3 is 0 Å². The Labute approximate surface area is 155 Å². The van der Waals surface area contributed by atoms with E-state index < -0.39 is 5.82 Å². The van der Waals surface area contributed by atoms with Crippen molar-refractivity contribution < 1.29 is 13.5 Å². The van der Waals surface area contributed by atoms with Gasteiger partial charge in [-0.05, 0) is 18.9 Å². The van der Waals surface area contributed by atoms with Gasteiger partial charge in [0.05, 0.1) is 19.9 Å². The van der Waals surface area contributed by atoms with E-state index in [1.54, 1.807) is 24.3 Å². The maximum absolute atomic E-state index is 14.2. The van der Waals surface area contributed by atoms with Gasteiger partial charge in [0.25, 0.3) is 0 Å². The van der Waals surface area contributed by atoms with Gasteiger partial charge < -0.3 is 9.64 Å². The van der Waals surface area contributed by atoms with Crippen molar-refractivity contribution in [1.82, 2.24) is 19.7 Å². The first-order chi connectivity index (χ1) is 13.2. The van der Waals surface area contributed by atoms with Gasteiger partial charge in [0.1, 0.15) is 11.5 Å². The molecule has 8 heteroatoms.